The van der Waals surface area contributed by atoms with E-state index in [1.807, 2.05) is 0 Å². The molecule has 0 aliphatic rings. The molecule has 16 heavy (non-hydrogen) atoms. The summed E-state index contributed by atoms with van der Waals surface area (Å²) in [5, 5.41) is 13.8. The number of hydrogen-bond donors (Lipinski definition) is 2. The number of nitrogens with one attached hydrogen (secondary N) is 1. The second-order valence-electron chi connectivity index (χ2n) is 3.29. The highest BCUT2D eigenvalue weighted by molar-refractivity contribution is 7.11. The maximum absolute atomic E-state index is 10.6. The van der Waals surface area contributed by atoms with Crippen LogP contribution in [0.1, 0.15) is 34.8 Å². The quantitative estimate of drug-likeness (QED) is 0.561. The molecule has 0 radical (unpaired) electrons. The van der Waals surface area contributed by atoms with Gasteiger partial charge >= 0.3 is 5.97 Å². The molecule has 4 nitrogen and oxygen atoms in total. The minimum atomic E-state index is -0.967. The number of aromatic nitrogens is 1. The summed E-state index contributed by atoms with van der Waals surface area (Å²) in [5.41, 5.74) is 0.777. The van der Waals surface area contributed by atoms with Gasteiger partial charge in [0.05, 0.1) is 5.69 Å². The summed E-state index contributed by atoms with van der Waals surface area (Å²) in [6.45, 7) is 1.49. The molecule has 0 bridgehead atoms. The number of carbonyl (C=O) groups is 1. The van der Waals surface area contributed by atoms with E-state index in [9.17, 15) is 4.79 Å². The smallest absolute Gasteiger partial charge is 0.365 e. The Balaban J connectivity index is 2.17. The van der Waals surface area contributed by atoms with Crippen molar-refractivity contribution < 1.29 is 9.90 Å². The third kappa shape index (κ3) is 4.43. The van der Waals surface area contributed by atoms with Crippen molar-refractivity contribution in [1.29, 1.82) is 0 Å². The fraction of sp³-hybridized carbons (Fsp3) is 0.455. The second kappa shape index (κ2) is 6.99. The fourth-order valence-electron chi connectivity index (χ4n) is 1.18. The predicted molar refractivity (Wildman–Crippen MR) is 63.5 cm³/mol. The van der Waals surface area contributed by atoms with Gasteiger partial charge in [-0.3, -0.25) is 0 Å². The van der Waals surface area contributed by atoms with Gasteiger partial charge < -0.3 is 10.4 Å². The van der Waals surface area contributed by atoms with Crippen molar-refractivity contribution in [2.45, 2.75) is 25.8 Å². The molecule has 0 saturated heterocycles. The van der Waals surface area contributed by atoms with Crippen molar-refractivity contribution in [3.63, 3.8) is 0 Å². The summed E-state index contributed by atoms with van der Waals surface area (Å²) in [5.74, 6) is 1.62. The molecular weight excluding hydrogens is 224 g/mol. The van der Waals surface area contributed by atoms with Crippen LogP contribution in [0.5, 0.6) is 0 Å². The number of hydrogen-bond acceptors (Lipinski definition) is 4. The van der Waals surface area contributed by atoms with Crippen molar-refractivity contribution >= 4 is 17.3 Å². The topological polar surface area (TPSA) is 62.2 Å². The lowest BCUT2D eigenvalue weighted by atomic mass is 10.2. The van der Waals surface area contributed by atoms with Gasteiger partial charge in [0.15, 0.2) is 0 Å². The molecule has 0 fully saturated rings. The van der Waals surface area contributed by atoms with E-state index >= 15 is 0 Å². The molecule has 5 heteroatoms. The van der Waals surface area contributed by atoms with Crippen LogP contribution < -0.4 is 5.32 Å². The molecule has 0 aliphatic heterocycles. The molecule has 0 spiro atoms. The van der Waals surface area contributed by atoms with Gasteiger partial charge in [-0.15, -0.1) is 23.7 Å². The predicted octanol–water partition coefficient (Wildman–Crippen LogP) is 1.73. The molecule has 1 rings (SSSR count). The molecular formula is C11H14N2O2S. The number of nitrogens with zero attached hydrogens (tertiary/aromatic N) is 1. The lowest BCUT2D eigenvalue weighted by Gasteiger charge is -2.00. The Morgan fingerprint density at radius 2 is 2.44 bits per heavy atom. The van der Waals surface area contributed by atoms with Crippen molar-refractivity contribution in [2.75, 3.05) is 6.54 Å². The zero-order valence-electron chi connectivity index (χ0n) is 8.90. The van der Waals surface area contributed by atoms with Gasteiger partial charge in [-0.05, 0) is 19.4 Å². The van der Waals surface area contributed by atoms with Crippen LogP contribution in [0.2, 0.25) is 0 Å². The molecule has 0 aliphatic carbocycles. The number of rotatable bonds is 7. The maximum Gasteiger partial charge on any atom is 0.365 e. The van der Waals surface area contributed by atoms with Gasteiger partial charge in [-0.1, -0.05) is 0 Å². The molecule has 1 aromatic rings. The van der Waals surface area contributed by atoms with Crippen LogP contribution in [-0.2, 0) is 6.54 Å². The van der Waals surface area contributed by atoms with Crippen LogP contribution in [0.15, 0.2) is 5.38 Å². The molecule has 86 valence electrons. The molecule has 0 amide bonds. The molecule has 1 heterocycles. The number of carboxylic acids is 1. The highest BCUT2D eigenvalue weighted by Crippen LogP contribution is 2.09. The minimum Gasteiger partial charge on any atom is -0.476 e. The molecule has 1 aromatic heterocycles. The molecule has 0 atom stereocenters. The summed E-state index contributed by atoms with van der Waals surface area (Å²) in [7, 11) is 0. The van der Waals surface area contributed by atoms with E-state index in [-0.39, 0.29) is 5.01 Å². The SMILES string of the molecule is C#CCCCCNCc1csc(C(=O)O)n1. The van der Waals surface area contributed by atoms with E-state index in [0.29, 0.717) is 6.54 Å². The van der Waals surface area contributed by atoms with Crippen LogP contribution in [0.4, 0.5) is 0 Å². The van der Waals surface area contributed by atoms with E-state index < -0.39 is 5.97 Å². The Hall–Kier alpha value is -1.38. The molecule has 2 N–H and O–H groups in total. The van der Waals surface area contributed by atoms with Gasteiger partial charge in [0.1, 0.15) is 0 Å². The van der Waals surface area contributed by atoms with Gasteiger partial charge in [0.2, 0.25) is 5.01 Å². The second-order valence-corrected chi connectivity index (χ2v) is 4.15. The number of unbranched alkanes of at least 4 members (excludes halogenated alkanes) is 2. The normalized spacial score (nSPS) is 9.94. The van der Waals surface area contributed by atoms with Crippen LogP contribution >= 0.6 is 11.3 Å². The van der Waals surface area contributed by atoms with Gasteiger partial charge in [0, 0.05) is 18.3 Å². The standard InChI is InChI=1S/C11H14N2O2S/c1-2-3-4-5-6-12-7-9-8-16-10(13-9)11(14)15/h1,8,12H,3-7H2,(H,14,15). The van der Waals surface area contributed by atoms with Crippen LogP contribution in [0, 0.1) is 12.3 Å². The summed E-state index contributed by atoms with van der Waals surface area (Å²) in [6.07, 6.45) is 7.98. The van der Waals surface area contributed by atoms with Gasteiger partial charge in [-0.25, -0.2) is 9.78 Å². The van der Waals surface area contributed by atoms with Crippen LogP contribution in [0.25, 0.3) is 0 Å². The Morgan fingerprint density at radius 3 is 3.06 bits per heavy atom. The van der Waals surface area contributed by atoms with E-state index in [1.165, 1.54) is 0 Å². The molecule has 0 unspecified atom stereocenters. The maximum atomic E-state index is 10.6. The van der Waals surface area contributed by atoms with E-state index in [0.717, 1.165) is 42.8 Å². The molecule has 0 aromatic carbocycles. The number of terminal acetylenes is 1. The first-order valence-corrected chi connectivity index (χ1v) is 5.94. The zero-order valence-corrected chi connectivity index (χ0v) is 9.72. The average Bonchev–Trinajstić information content (AvgIpc) is 2.72. The molecule has 0 saturated carbocycles. The van der Waals surface area contributed by atoms with Crippen LogP contribution in [0.3, 0.4) is 0 Å². The first-order chi connectivity index (χ1) is 7.74. The Bertz CT molecular complexity index is 382. The summed E-state index contributed by atoms with van der Waals surface area (Å²) in [4.78, 5) is 14.5. The summed E-state index contributed by atoms with van der Waals surface area (Å²) in [6, 6.07) is 0. The first-order valence-electron chi connectivity index (χ1n) is 5.06. The van der Waals surface area contributed by atoms with E-state index in [4.69, 9.17) is 11.5 Å². The summed E-state index contributed by atoms with van der Waals surface area (Å²) >= 11 is 1.15. The average molecular weight is 238 g/mol. The van der Waals surface area contributed by atoms with Crippen molar-refractivity contribution in [3.8, 4) is 12.3 Å². The lowest BCUT2D eigenvalue weighted by Crippen LogP contribution is -2.15. The lowest BCUT2D eigenvalue weighted by molar-refractivity contribution is 0.0696. The summed E-state index contributed by atoms with van der Waals surface area (Å²) < 4.78 is 0. The van der Waals surface area contributed by atoms with Crippen molar-refractivity contribution in [1.82, 2.24) is 10.3 Å². The largest absolute Gasteiger partial charge is 0.476 e. The number of aromatic carboxylic acids is 1. The zero-order chi connectivity index (χ0) is 11.8. The van der Waals surface area contributed by atoms with Crippen LogP contribution in [-0.4, -0.2) is 22.6 Å². The Labute approximate surface area is 98.7 Å². The van der Waals surface area contributed by atoms with E-state index in [2.05, 4.69) is 16.2 Å². The Morgan fingerprint density at radius 1 is 1.62 bits per heavy atom. The number of thiazole rings is 1. The fourth-order valence-corrected chi connectivity index (χ4v) is 1.83. The van der Waals surface area contributed by atoms with Gasteiger partial charge in [-0.2, -0.15) is 0 Å². The third-order valence-corrected chi connectivity index (χ3v) is 2.84. The van der Waals surface area contributed by atoms with Crippen molar-refractivity contribution in [3.05, 3.63) is 16.1 Å². The third-order valence-electron chi connectivity index (χ3n) is 1.97. The van der Waals surface area contributed by atoms with E-state index in [1.54, 1.807) is 5.38 Å². The monoisotopic (exact) mass is 238 g/mol. The highest BCUT2D eigenvalue weighted by Gasteiger charge is 2.07. The van der Waals surface area contributed by atoms with Crippen molar-refractivity contribution in [2.24, 2.45) is 0 Å². The highest BCUT2D eigenvalue weighted by atomic mass is 32.1. The first kappa shape index (κ1) is 12.7. The minimum absolute atomic E-state index is 0.143. The van der Waals surface area contributed by atoms with Gasteiger partial charge in [0.25, 0.3) is 0 Å². The Kier molecular flexibility index (Phi) is 5.54. The number of carboxylic acid groups (broad SMARTS) is 1.